The molecule has 2 aromatic rings. The number of carbonyl (C=O) groups excluding carboxylic acids is 1. The molecule has 0 unspecified atom stereocenters. The SMILES string of the molecule is CONS(=O)(=O)c1ccc(C(=O)N[C@@H](C)c2ccccc2Cl)cc1. The van der Waals surface area contributed by atoms with Crippen LogP contribution in [0.2, 0.25) is 5.02 Å². The van der Waals surface area contributed by atoms with E-state index >= 15 is 0 Å². The summed E-state index contributed by atoms with van der Waals surface area (Å²) in [5.41, 5.74) is 1.14. The second-order valence-corrected chi connectivity index (χ2v) is 7.08. The summed E-state index contributed by atoms with van der Waals surface area (Å²) >= 11 is 6.11. The van der Waals surface area contributed by atoms with Gasteiger partial charge < -0.3 is 5.32 Å². The molecule has 0 saturated heterocycles. The second-order valence-electron chi connectivity index (χ2n) is 5.03. The van der Waals surface area contributed by atoms with Gasteiger partial charge in [0.1, 0.15) is 0 Å². The van der Waals surface area contributed by atoms with Crippen molar-refractivity contribution in [3.8, 4) is 0 Å². The van der Waals surface area contributed by atoms with Crippen molar-refractivity contribution in [2.24, 2.45) is 0 Å². The van der Waals surface area contributed by atoms with E-state index in [2.05, 4.69) is 10.2 Å². The lowest BCUT2D eigenvalue weighted by Gasteiger charge is -2.16. The highest BCUT2D eigenvalue weighted by molar-refractivity contribution is 7.89. The van der Waals surface area contributed by atoms with E-state index in [0.29, 0.717) is 10.6 Å². The van der Waals surface area contributed by atoms with Crippen LogP contribution in [0.5, 0.6) is 0 Å². The van der Waals surface area contributed by atoms with Gasteiger partial charge in [-0.3, -0.25) is 9.63 Å². The summed E-state index contributed by atoms with van der Waals surface area (Å²) in [5.74, 6) is -0.328. The molecule has 128 valence electrons. The lowest BCUT2D eigenvalue weighted by molar-refractivity contribution is 0.0940. The van der Waals surface area contributed by atoms with Gasteiger partial charge in [0.25, 0.3) is 15.9 Å². The summed E-state index contributed by atoms with van der Waals surface area (Å²) < 4.78 is 23.5. The molecule has 1 amide bonds. The van der Waals surface area contributed by atoms with E-state index in [9.17, 15) is 13.2 Å². The number of hydrogen-bond acceptors (Lipinski definition) is 4. The van der Waals surface area contributed by atoms with Gasteiger partial charge in [0.2, 0.25) is 0 Å². The summed E-state index contributed by atoms with van der Waals surface area (Å²) in [7, 11) is -2.54. The van der Waals surface area contributed by atoms with Crippen molar-refractivity contribution in [1.29, 1.82) is 0 Å². The minimum atomic E-state index is -3.75. The van der Waals surface area contributed by atoms with E-state index in [-0.39, 0.29) is 16.8 Å². The third-order valence-corrected chi connectivity index (χ3v) is 4.96. The summed E-state index contributed by atoms with van der Waals surface area (Å²) in [5, 5.41) is 3.39. The van der Waals surface area contributed by atoms with Crippen LogP contribution >= 0.6 is 11.6 Å². The van der Waals surface area contributed by atoms with Gasteiger partial charge in [-0.1, -0.05) is 34.7 Å². The third-order valence-electron chi connectivity index (χ3n) is 3.34. The minimum absolute atomic E-state index is 0.0000484. The summed E-state index contributed by atoms with van der Waals surface area (Å²) in [4.78, 5) is 18.6. The number of sulfonamides is 1. The molecule has 0 aliphatic heterocycles. The average Bonchev–Trinajstić information content (AvgIpc) is 2.55. The van der Waals surface area contributed by atoms with E-state index in [1.165, 1.54) is 31.4 Å². The zero-order chi connectivity index (χ0) is 17.7. The molecule has 8 heteroatoms. The van der Waals surface area contributed by atoms with Gasteiger partial charge in [-0.2, -0.15) is 0 Å². The molecular weight excluding hydrogens is 352 g/mol. The Hall–Kier alpha value is -1.93. The molecule has 0 aliphatic rings. The zero-order valence-corrected chi connectivity index (χ0v) is 14.7. The largest absolute Gasteiger partial charge is 0.345 e. The van der Waals surface area contributed by atoms with Crippen LogP contribution in [0.3, 0.4) is 0 Å². The Morgan fingerprint density at radius 2 is 1.75 bits per heavy atom. The molecule has 2 aromatic carbocycles. The second kappa shape index (κ2) is 7.76. The Kier molecular flexibility index (Phi) is 5.95. The van der Waals surface area contributed by atoms with Crippen LogP contribution in [0.25, 0.3) is 0 Å². The predicted molar refractivity (Wildman–Crippen MR) is 91.1 cm³/mol. The normalized spacial score (nSPS) is 12.6. The fourth-order valence-corrected chi connectivity index (χ4v) is 3.24. The van der Waals surface area contributed by atoms with Gasteiger partial charge in [0.15, 0.2) is 0 Å². The number of carbonyl (C=O) groups is 1. The Morgan fingerprint density at radius 3 is 2.33 bits per heavy atom. The molecule has 0 radical (unpaired) electrons. The predicted octanol–water partition coefficient (Wildman–Crippen LogP) is 2.67. The molecule has 24 heavy (non-hydrogen) atoms. The van der Waals surface area contributed by atoms with Crippen LogP contribution < -0.4 is 10.2 Å². The first-order chi connectivity index (χ1) is 11.3. The maximum Gasteiger partial charge on any atom is 0.262 e. The zero-order valence-electron chi connectivity index (χ0n) is 13.1. The number of halogens is 1. The Labute approximate surface area is 145 Å². The van der Waals surface area contributed by atoms with E-state index in [1.807, 2.05) is 30.0 Å². The number of hydrogen-bond donors (Lipinski definition) is 2. The van der Waals surface area contributed by atoms with Crippen molar-refractivity contribution in [3.63, 3.8) is 0 Å². The van der Waals surface area contributed by atoms with Crippen molar-refractivity contribution in [2.45, 2.75) is 17.9 Å². The minimum Gasteiger partial charge on any atom is -0.345 e. The molecular formula is C16H17ClN2O4S. The molecule has 1 atom stereocenters. The van der Waals surface area contributed by atoms with Gasteiger partial charge in [0.05, 0.1) is 18.0 Å². The molecule has 2 rings (SSSR count). The first kappa shape index (κ1) is 18.4. The fraction of sp³-hybridized carbons (Fsp3) is 0.188. The summed E-state index contributed by atoms with van der Waals surface area (Å²) in [6.45, 7) is 1.82. The van der Waals surface area contributed by atoms with Crippen molar-refractivity contribution in [2.75, 3.05) is 7.11 Å². The van der Waals surface area contributed by atoms with E-state index in [1.54, 1.807) is 6.07 Å². The number of amides is 1. The number of nitrogens with one attached hydrogen (secondary N) is 2. The van der Waals surface area contributed by atoms with Gasteiger partial charge >= 0.3 is 0 Å². The lowest BCUT2D eigenvalue weighted by Crippen LogP contribution is -2.27. The van der Waals surface area contributed by atoms with E-state index < -0.39 is 10.0 Å². The molecule has 0 aliphatic carbocycles. The fourth-order valence-electron chi connectivity index (χ4n) is 2.13. The highest BCUT2D eigenvalue weighted by Gasteiger charge is 2.16. The third kappa shape index (κ3) is 4.33. The van der Waals surface area contributed by atoms with Crippen LogP contribution in [0.4, 0.5) is 0 Å². The Bertz CT molecular complexity index is 822. The topological polar surface area (TPSA) is 84.5 Å². The van der Waals surface area contributed by atoms with Crippen molar-refractivity contribution in [3.05, 3.63) is 64.7 Å². The lowest BCUT2D eigenvalue weighted by atomic mass is 10.1. The number of rotatable bonds is 6. The maximum absolute atomic E-state index is 12.3. The van der Waals surface area contributed by atoms with Gasteiger partial charge in [-0.15, -0.1) is 0 Å². The van der Waals surface area contributed by atoms with Crippen molar-refractivity contribution in [1.82, 2.24) is 10.2 Å². The van der Waals surface area contributed by atoms with Gasteiger partial charge in [0, 0.05) is 10.6 Å². The summed E-state index contributed by atoms with van der Waals surface area (Å²) in [6, 6.07) is 12.5. The Morgan fingerprint density at radius 1 is 1.12 bits per heavy atom. The van der Waals surface area contributed by atoms with Crippen molar-refractivity contribution >= 4 is 27.5 Å². The molecule has 0 spiro atoms. The highest BCUT2D eigenvalue weighted by Crippen LogP contribution is 2.22. The maximum atomic E-state index is 12.3. The smallest absolute Gasteiger partial charge is 0.262 e. The van der Waals surface area contributed by atoms with Crippen LogP contribution in [0, 0.1) is 0 Å². The summed E-state index contributed by atoms with van der Waals surface area (Å²) in [6.07, 6.45) is 0. The standard InChI is InChI=1S/C16H17ClN2O4S/c1-11(14-5-3-4-6-15(14)17)18-16(20)12-7-9-13(10-8-12)24(21,22)19-23-2/h3-11,19H,1-2H3,(H,18,20)/t11-/m0/s1. The average molecular weight is 369 g/mol. The quantitative estimate of drug-likeness (QED) is 0.768. The first-order valence-corrected chi connectivity index (χ1v) is 8.91. The molecule has 0 aromatic heterocycles. The van der Waals surface area contributed by atoms with Gasteiger partial charge in [-0.05, 0) is 42.8 Å². The Balaban J connectivity index is 2.12. The monoisotopic (exact) mass is 368 g/mol. The van der Waals surface area contributed by atoms with Gasteiger partial charge in [-0.25, -0.2) is 8.42 Å². The van der Waals surface area contributed by atoms with Crippen molar-refractivity contribution < 1.29 is 18.0 Å². The van der Waals surface area contributed by atoms with Crippen LogP contribution in [-0.2, 0) is 14.9 Å². The number of benzene rings is 2. The van der Waals surface area contributed by atoms with Crippen LogP contribution in [-0.4, -0.2) is 21.4 Å². The van der Waals surface area contributed by atoms with Crippen LogP contribution in [0.15, 0.2) is 53.4 Å². The molecule has 0 heterocycles. The van der Waals surface area contributed by atoms with Crippen LogP contribution in [0.1, 0.15) is 28.9 Å². The highest BCUT2D eigenvalue weighted by atomic mass is 35.5. The molecule has 6 nitrogen and oxygen atoms in total. The molecule has 0 fully saturated rings. The first-order valence-electron chi connectivity index (χ1n) is 7.05. The molecule has 2 N–H and O–H groups in total. The molecule has 0 bridgehead atoms. The molecule has 0 saturated carbocycles. The van der Waals surface area contributed by atoms with E-state index in [4.69, 9.17) is 11.6 Å². The van der Waals surface area contributed by atoms with E-state index in [0.717, 1.165) is 5.56 Å².